The summed E-state index contributed by atoms with van der Waals surface area (Å²) in [4.78, 5) is 11.9. The average Bonchev–Trinajstić information content (AvgIpc) is 2.37. The summed E-state index contributed by atoms with van der Waals surface area (Å²) in [6.07, 6.45) is -0.537. The van der Waals surface area contributed by atoms with E-state index in [1.165, 1.54) is 12.1 Å². The number of ether oxygens (including phenoxy) is 1. The monoisotopic (exact) mass is 290 g/mol. The maximum atomic E-state index is 11.9. The standard InChI is InChI=1S/C11H12Cl2N2O3/c12-7-3-6(4-8(13)10(7)16)15-11(17)9-5-14-1-2-18-9/h3-4,9,14,16H,1-2,5H2,(H,15,17). The zero-order valence-electron chi connectivity index (χ0n) is 9.37. The molecule has 1 aliphatic rings. The number of phenolic OH excluding ortho intramolecular Hbond substituents is 1. The van der Waals surface area contributed by atoms with Crippen LogP contribution in [0.2, 0.25) is 10.0 Å². The summed E-state index contributed by atoms with van der Waals surface area (Å²) in [5.41, 5.74) is 0.418. The first-order valence-electron chi connectivity index (χ1n) is 5.39. The van der Waals surface area contributed by atoms with E-state index in [1.807, 2.05) is 0 Å². The highest BCUT2D eigenvalue weighted by atomic mass is 35.5. The molecular weight excluding hydrogens is 279 g/mol. The third kappa shape index (κ3) is 3.05. The van der Waals surface area contributed by atoms with E-state index >= 15 is 0 Å². The summed E-state index contributed by atoms with van der Waals surface area (Å²) < 4.78 is 5.31. The van der Waals surface area contributed by atoms with Gasteiger partial charge < -0.3 is 20.5 Å². The highest BCUT2D eigenvalue weighted by Gasteiger charge is 2.22. The molecule has 1 heterocycles. The Morgan fingerprint density at radius 3 is 2.67 bits per heavy atom. The van der Waals surface area contributed by atoms with Gasteiger partial charge in [-0.2, -0.15) is 0 Å². The van der Waals surface area contributed by atoms with Crippen molar-refractivity contribution in [3.63, 3.8) is 0 Å². The molecule has 0 spiro atoms. The van der Waals surface area contributed by atoms with E-state index in [4.69, 9.17) is 27.9 Å². The van der Waals surface area contributed by atoms with E-state index < -0.39 is 6.10 Å². The summed E-state index contributed by atoms with van der Waals surface area (Å²) in [7, 11) is 0. The van der Waals surface area contributed by atoms with Gasteiger partial charge in [-0.25, -0.2) is 0 Å². The highest BCUT2D eigenvalue weighted by Crippen LogP contribution is 2.34. The molecule has 1 aromatic carbocycles. The Hall–Kier alpha value is -1.01. The van der Waals surface area contributed by atoms with E-state index in [2.05, 4.69) is 10.6 Å². The van der Waals surface area contributed by atoms with Crippen molar-refractivity contribution in [1.82, 2.24) is 5.32 Å². The first kappa shape index (κ1) is 13.4. The Morgan fingerprint density at radius 1 is 1.44 bits per heavy atom. The van der Waals surface area contributed by atoms with Crippen LogP contribution < -0.4 is 10.6 Å². The molecule has 18 heavy (non-hydrogen) atoms. The molecular formula is C11H12Cl2N2O3. The second kappa shape index (κ2) is 5.75. The fourth-order valence-electron chi connectivity index (χ4n) is 1.59. The summed E-state index contributed by atoms with van der Waals surface area (Å²) in [6, 6.07) is 2.86. The molecule has 0 aliphatic carbocycles. The summed E-state index contributed by atoms with van der Waals surface area (Å²) in [5, 5.41) is 15.3. The topological polar surface area (TPSA) is 70.6 Å². The zero-order chi connectivity index (χ0) is 13.1. The van der Waals surface area contributed by atoms with E-state index in [9.17, 15) is 9.90 Å². The molecule has 1 atom stereocenters. The van der Waals surface area contributed by atoms with Crippen molar-refractivity contribution < 1.29 is 14.6 Å². The van der Waals surface area contributed by atoms with Crippen LogP contribution >= 0.6 is 23.2 Å². The number of rotatable bonds is 2. The van der Waals surface area contributed by atoms with Crippen molar-refractivity contribution in [2.24, 2.45) is 0 Å². The van der Waals surface area contributed by atoms with Crippen molar-refractivity contribution >= 4 is 34.8 Å². The van der Waals surface area contributed by atoms with Gasteiger partial charge >= 0.3 is 0 Å². The van der Waals surface area contributed by atoms with Gasteiger partial charge in [0, 0.05) is 18.8 Å². The lowest BCUT2D eigenvalue weighted by Gasteiger charge is -2.22. The number of hydrogen-bond donors (Lipinski definition) is 3. The van der Waals surface area contributed by atoms with Gasteiger partial charge in [0.05, 0.1) is 16.7 Å². The number of morpholine rings is 1. The maximum absolute atomic E-state index is 11.9. The average molecular weight is 291 g/mol. The zero-order valence-corrected chi connectivity index (χ0v) is 10.9. The minimum atomic E-state index is -0.537. The minimum Gasteiger partial charge on any atom is -0.505 e. The molecule has 0 aromatic heterocycles. The Labute approximate surface area is 114 Å². The normalized spacial score (nSPS) is 19.6. The number of amides is 1. The van der Waals surface area contributed by atoms with E-state index in [0.29, 0.717) is 18.8 Å². The quantitative estimate of drug-likeness (QED) is 0.724. The third-order valence-electron chi connectivity index (χ3n) is 2.50. The first-order valence-corrected chi connectivity index (χ1v) is 6.14. The number of carbonyl (C=O) groups excluding carboxylic acids is 1. The van der Waals surface area contributed by atoms with Crippen LogP contribution in [0.4, 0.5) is 5.69 Å². The Balaban J connectivity index is 2.06. The van der Waals surface area contributed by atoms with Crippen molar-refractivity contribution in [2.45, 2.75) is 6.10 Å². The number of hydrogen-bond acceptors (Lipinski definition) is 4. The molecule has 2 rings (SSSR count). The first-order chi connectivity index (χ1) is 8.58. The van der Waals surface area contributed by atoms with E-state index in [0.717, 1.165) is 6.54 Å². The van der Waals surface area contributed by atoms with E-state index in [1.54, 1.807) is 0 Å². The molecule has 3 N–H and O–H groups in total. The van der Waals surface area contributed by atoms with Crippen molar-refractivity contribution in [3.8, 4) is 5.75 Å². The van der Waals surface area contributed by atoms with Crippen LogP contribution in [-0.4, -0.2) is 36.8 Å². The summed E-state index contributed by atoms with van der Waals surface area (Å²) >= 11 is 11.5. The lowest BCUT2D eigenvalue weighted by Crippen LogP contribution is -2.45. The number of carbonyl (C=O) groups is 1. The molecule has 1 aromatic rings. The van der Waals surface area contributed by atoms with Crippen LogP contribution in [0.5, 0.6) is 5.75 Å². The van der Waals surface area contributed by atoms with Gasteiger partial charge in [-0.3, -0.25) is 4.79 Å². The SMILES string of the molecule is O=C(Nc1cc(Cl)c(O)c(Cl)c1)C1CNCCO1. The molecule has 0 radical (unpaired) electrons. The smallest absolute Gasteiger partial charge is 0.254 e. The fourth-order valence-corrected chi connectivity index (χ4v) is 2.08. The number of halogens is 2. The number of nitrogens with one attached hydrogen (secondary N) is 2. The van der Waals surface area contributed by atoms with Crippen LogP contribution in [0, 0.1) is 0 Å². The van der Waals surface area contributed by atoms with Gasteiger partial charge in [0.2, 0.25) is 0 Å². The molecule has 1 saturated heterocycles. The Bertz CT molecular complexity index is 439. The predicted octanol–water partition coefficient (Wildman–Crippen LogP) is 1.63. The lowest BCUT2D eigenvalue weighted by molar-refractivity contribution is -0.128. The molecule has 7 heteroatoms. The molecule has 1 aliphatic heterocycles. The van der Waals surface area contributed by atoms with Crippen LogP contribution in [0.15, 0.2) is 12.1 Å². The van der Waals surface area contributed by atoms with Gasteiger partial charge in [0.15, 0.2) is 5.75 Å². The molecule has 0 saturated carbocycles. The van der Waals surface area contributed by atoms with Gasteiger partial charge in [0.25, 0.3) is 5.91 Å². The number of phenols is 1. The largest absolute Gasteiger partial charge is 0.505 e. The molecule has 0 bridgehead atoms. The van der Waals surface area contributed by atoms with Crippen LogP contribution in [-0.2, 0) is 9.53 Å². The summed E-state index contributed by atoms with van der Waals surface area (Å²) in [6.45, 7) is 1.70. The minimum absolute atomic E-state index is 0.0838. The summed E-state index contributed by atoms with van der Waals surface area (Å²) in [5.74, 6) is -0.480. The maximum Gasteiger partial charge on any atom is 0.254 e. The molecule has 1 amide bonds. The van der Waals surface area contributed by atoms with Crippen LogP contribution in [0.3, 0.4) is 0 Å². The van der Waals surface area contributed by atoms with Crippen molar-refractivity contribution in [1.29, 1.82) is 0 Å². The number of benzene rings is 1. The second-order valence-corrected chi connectivity index (χ2v) is 4.66. The van der Waals surface area contributed by atoms with Crippen molar-refractivity contribution in [2.75, 3.05) is 25.0 Å². The highest BCUT2D eigenvalue weighted by molar-refractivity contribution is 6.37. The van der Waals surface area contributed by atoms with Crippen molar-refractivity contribution in [3.05, 3.63) is 22.2 Å². The molecule has 98 valence electrons. The van der Waals surface area contributed by atoms with Gasteiger partial charge in [-0.1, -0.05) is 23.2 Å². The Kier molecular flexibility index (Phi) is 4.29. The van der Waals surface area contributed by atoms with E-state index in [-0.39, 0.29) is 21.7 Å². The molecule has 5 nitrogen and oxygen atoms in total. The fraction of sp³-hybridized carbons (Fsp3) is 0.364. The molecule has 1 unspecified atom stereocenters. The van der Waals surface area contributed by atoms with Gasteiger partial charge in [0.1, 0.15) is 6.10 Å². The molecule has 1 fully saturated rings. The van der Waals surface area contributed by atoms with Gasteiger partial charge in [-0.05, 0) is 12.1 Å². The Morgan fingerprint density at radius 2 is 2.11 bits per heavy atom. The predicted molar refractivity (Wildman–Crippen MR) is 69.4 cm³/mol. The number of anilines is 1. The third-order valence-corrected chi connectivity index (χ3v) is 3.08. The second-order valence-electron chi connectivity index (χ2n) is 3.84. The lowest BCUT2D eigenvalue weighted by atomic mass is 10.2. The number of aromatic hydroxyl groups is 1. The van der Waals surface area contributed by atoms with Crippen LogP contribution in [0.1, 0.15) is 0 Å². The van der Waals surface area contributed by atoms with Crippen LogP contribution in [0.25, 0.3) is 0 Å². The van der Waals surface area contributed by atoms with Gasteiger partial charge in [-0.15, -0.1) is 0 Å².